The fourth-order valence-electron chi connectivity index (χ4n) is 9.11. The lowest BCUT2D eigenvalue weighted by molar-refractivity contribution is 0.985. The van der Waals surface area contributed by atoms with Crippen LogP contribution in [0.4, 0.5) is 0 Å². The third-order valence-corrected chi connectivity index (χ3v) is 11.5. The van der Waals surface area contributed by atoms with Crippen LogP contribution in [0.1, 0.15) is 0 Å². The van der Waals surface area contributed by atoms with Crippen molar-refractivity contribution in [2.24, 2.45) is 0 Å². The topological polar surface area (TPSA) is 40.6 Å². The molecule has 5 heteroatoms. The quantitative estimate of drug-likeness (QED) is 0.177. The van der Waals surface area contributed by atoms with E-state index in [0.717, 1.165) is 72.7 Å². The van der Waals surface area contributed by atoms with E-state index in [9.17, 15) is 0 Å². The maximum atomic E-state index is 5.89. The summed E-state index contributed by atoms with van der Waals surface area (Å²) in [5.41, 5.74) is 12.0. The Morgan fingerprint density at radius 3 is 1.23 bits per heavy atom. The van der Waals surface area contributed by atoms with Crippen LogP contribution in [-0.2, 0) is 0 Å². The molecule has 7 aromatic carbocycles. The molecule has 5 nitrogen and oxygen atoms in total. The van der Waals surface area contributed by atoms with Gasteiger partial charge in [0.1, 0.15) is 5.82 Å². The molecule has 0 aliphatic heterocycles. The van der Waals surface area contributed by atoms with Gasteiger partial charge in [-0.05, 0) is 65.7 Å². The van der Waals surface area contributed by atoms with Crippen molar-refractivity contribution in [3.8, 4) is 39.6 Å². The summed E-state index contributed by atoms with van der Waals surface area (Å²) in [6, 6.07) is 67.5. The number of benzene rings is 7. The second-order valence-corrected chi connectivity index (χ2v) is 14.6. The SMILES string of the molecule is c1cncc(-c2cccc(-c3cc(-n4c5ccccc5c5ccccc54)nc(-n4c5ccccc5c5ccccc54)c3-n3c4ccccc4c4ccccc43)c2)c1. The van der Waals surface area contributed by atoms with Crippen molar-refractivity contribution in [2.75, 3.05) is 0 Å². The second-order valence-electron chi connectivity index (χ2n) is 14.6. The predicted molar refractivity (Wildman–Crippen MR) is 236 cm³/mol. The van der Waals surface area contributed by atoms with Crippen molar-refractivity contribution in [3.05, 3.63) is 200 Å². The molecule has 0 saturated heterocycles. The van der Waals surface area contributed by atoms with Gasteiger partial charge in [-0.15, -0.1) is 0 Å². The van der Waals surface area contributed by atoms with E-state index in [-0.39, 0.29) is 0 Å². The van der Waals surface area contributed by atoms with E-state index in [1.54, 1.807) is 0 Å². The second kappa shape index (κ2) is 12.4. The average Bonchev–Trinajstić information content (AvgIpc) is 3.92. The first-order valence-corrected chi connectivity index (χ1v) is 19.3. The van der Waals surface area contributed by atoms with Crippen molar-refractivity contribution in [1.29, 1.82) is 0 Å². The Bertz CT molecular complexity index is 3370. The van der Waals surface area contributed by atoms with Gasteiger partial charge in [-0.25, -0.2) is 4.98 Å². The molecule has 0 unspecified atom stereocenters. The number of nitrogens with zero attached hydrogens (tertiary/aromatic N) is 5. The van der Waals surface area contributed by atoms with Gasteiger partial charge in [0.25, 0.3) is 0 Å². The lowest BCUT2D eigenvalue weighted by atomic mass is 9.98. The molecular formula is C52H33N5. The fraction of sp³-hybridized carbons (Fsp3) is 0. The molecule has 5 heterocycles. The Morgan fingerprint density at radius 1 is 0.333 bits per heavy atom. The van der Waals surface area contributed by atoms with Crippen molar-refractivity contribution in [3.63, 3.8) is 0 Å². The van der Waals surface area contributed by atoms with Gasteiger partial charge in [0.05, 0.1) is 38.8 Å². The Hall–Kier alpha value is -7.76. The normalized spacial score (nSPS) is 11.9. The molecule has 0 fully saturated rings. The average molecular weight is 728 g/mol. The monoisotopic (exact) mass is 727 g/mol. The molecule has 0 N–H and O–H groups in total. The number of rotatable bonds is 5. The fourth-order valence-corrected chi connectivity index (χ4v) is 9.11. The van der Waals surface area contributed by atoms with Crippen molar-refractivity contribution in [1.82, 2.24) is 23.7 Å². The molecule has 0 radical (unpaired) electrons. The number of hydrogen-bond acceptors (Lipinski definition) is 2. The van der Waals surface area contributed by atoms with Crippen LogP contribution in [0.2, 0.25) is 0 Å². The van der Waals surface area contributed by atoms with Crippen LogP contribution in [0.25, 0.3) is 105 Å². The summed E-state index contributed by atoms with van der Waals surface area (Å²) in [5.74, 6) is 1.69. The van der Waals surface area contributed by atoms with E-state index in [0.29, 0.717) is 0 Å². The van der Waals surface area contributed by atoms with Crippen LogP contribution in [-0.4, -0.2) is 23.7 Å². The Morgan fingerprint density at radius 2 is 0.754 bits per heavy atom. The summed E-state index contributed by atoms with van der Waals surface area (Å²) in [6.45, 7) is 0. The first kappa shape index (κ1) is 31.6. The van der Waals surface area contributed by atoms with Gasteiger partial charge in [0.15, 0.2) is 5.82 Å². The van der Waals surface area contributed by atoms with E-state index in [1.165, 1.54) is 32.3 Å². The molecule has 0 aliphatic carbocycles. The van der Waals surface area contributed by atoms with Gasteiger partial charge in [-0.2, -0.15) is 0 Å². The van der Waals surface area contributed by atoms with Crippen LogP contribution in [0, 0.1) is 0 Å². The third-order valence-electron chi connectivity index (χ3n) is 11.5. The van der Waals surface area contributed by atoms with E-state index < -0.39 is 0 Å². The van der Waals surface area contributed by atoms with Crippen LogP contribution >= 0.6 is 0 Å². The number of hydrogen-bond donors (Lipinski definition) is 0. The molecule has 12 rings (SSSR count). The molecule has 0 atom stereocenters. The molecule has 0 amide bonds. The van der Waals surface area contributed by atoms with Gasteiger partial charge in [-0.1, -0.05) is 133 Å². The van der Waals surface area contributed by atoms with Crippen LogP contribution in [0.3, 0.4) is 0 Å². The van der Waals surface area contributed by atoms with Crippen molar-refractivity contribution < 1.29 is 0 Å². The molecule has 57 heavy (non-hydrogen) atoms. The summed E-state index contributed by atoms with van der Waals surface area (Å²) >= 11 is 0. The molecule has 5 aromatic heterocycles. The Kier molecular flexibility index (Phi) is 6.86. The number of pyridine rings is 2. The number of aromatic nitrogens is 5. The minimum atomic E-state index is 0.843. The maximum Gasteiger partial charge on any atom is 0.165 e. The first-order valence-electron chi connectivity index (χ1n) is 19.3. The molecule has 12 aromatic rings. The highest BCUT2D eigenvalue weighted by Gasteiger charge is 2.26. The van der Waals surface area contributed by atoms with E-state index in [4.69, 9.17) is 4.98 Å². The molecule has 0 aliphatic rings. The standard InChI is InChI=1S/C52H33N5/c1-7-24-44-37(18-1)38-19-2-8-25-45(38)55(44)50-32-43(35-16-13-15-34(31-35)36-17-14-30-53-33-36)51(56-46-26-9-3-20-39(46)40-21-4-10-27-47(40)56)52(54-50)57-48-28-11-5-22-41(48)42-23-6-12-29-49(42)57/h1-33H. The zero-order chi connectivity index (χ0) is 37.5. The number of fused-ring (bicyclic) bond motifs is 9. The lowest BCUT2D eigenvalue weighted by Crippen LogP contribution is -2.11. The summed E-state index contributed by atoms with van der Waals surface area (Å²) in [6.07, 6.45) is 3.76. The van der Waals surface area contributed by atoms with Gasteiger partial charge >= 0.3 is 0 Å². The molecule has 0 spiro atoms. The minimum Gasteiger partial charge on any atom is -0.305 e. The van der Waals surface area contributed by atoms with Crippen LogP contribution < -0.4 is 0 Å². The zero-order valence-corrected chi connectivity index (χ0v) is 30.8. The summed E-state index contributed by atoms with van der Waals surface area (Å²) in [7, 11) is 0. The summed E-state index contributed by atoms with van der Waals surface area (Å²) in [4.78, 5) is 10.4. The third kappa shape index (κ3) is 4.69. The smallest absolute Gasteiger partial charge is 0.165 e. The largest absolute Gasteiger partial charge is 0.305 e. The molecule has 266 valence electrons. The van der Waals surface area contributed by atoms with Gasteiger partial charge in [0, 0.05) is 55.8 Å². The zero-order valence-electron chi connectivity index (χ0n) is 30.8. The van der Waals surface area contributed by atoms with E-state index >= 15 is 0 Å². The summed E-state index contributed by atoms with van der Waals surface area (Å²) < 4.78 is 7.17. The van der Waals surface area contributed by atoms with E-state index in [2.05, 4.69) is 201 Å². The molecule has 0 bridgehead atoms. The van der Waals surface area contributed by atoms with Crippen molar-refractivity contribution in [2.45, 2.75) is 0 Å². The maximum absolute atomic E-state index is 5.89. The Balaban J connectivity index is 1.32. The predicted octanol–water partition coefficient (Wildman–Crippen LogP) is 13.1. The van der Waals surface area contributed by atoms with Gasteiger partial charge in [0.2, 0.25) is 0 Å². The lowest BCUT2D eigenvalue weighted by Gasteiger charge is -2.22. The van der Waals surface area contributed by atoms with Gasteiger partial charge < -0.3 is 4.57 Å². The highest BCUT2D eigenvalue weighted by molar-refractivity contribution is 6.13. The highest BCUT2D eigenvalue weighted by atomic mass is 15.2. The molecular weight excluding hydrogens is 695 g/mol. The Labute approximate surface area is 328 Å². The van der Waals surface area contributed by atoms with E-state index in [1.807, 2.05) is 18.5 Å². The summed E-state index contributed by atoms with van der Waals surface area (Å²) in [5, 5.41) is 7.15. The first-order chi connectivity index (χ1) is 28.3. The number of para-hydroxylation sites is 6. The van der Waals surface area contributed by atoms with Crippen LogP contribution in [0.15, 0.2) is 200 Å². The molecule has 0 saturated carbocycles. The highest BCUT2D eigenvalue weighted by Crippen LogP contribution is 2.44. The van der Waals surface area contributed by atoms with Crippen molar-refractivity contribution >= 4 is 65.4 Å². The minimum absolute atomic E-state index is 0.843. The van der Waals surface area contributed by atoms with Gasteiger partial charge in [-0.3, -0.25) is 14.1 Å². The van der Waals surface area contributed by atoms with Crippen LogP contribution in [0.5, 0.6) is 0 Å².